The summed E-state index contributed by atoms with van der Waals surface area (Å²) >= 11 is 0. The molecule has 0 atom stereocenters. The molecule has 1 aromatic heterocycles. The van der Waals surface area contributed by atoms with Gasteiger partial charge >= 0.3 is 5.97 Å². The number of hydrogen-bond donors (Lipinski definition) is 3. The average molecular weight is 407 g/mol. The zero-order valence-corrected chi connectivity index (χ0v) is 17.1. The molecular formula is C19H25N3O5S. The molecule has 1 heterocycles. The number of aromatic nitrogens is 1. The second-order valence-corrected chi connectivity index (χ2v) is 8.34. The van der Waals surface area contributed by atoms with Gasteiger partial charge in [0.05, 0.1) is 16.6 Å². The predicted molar refractivity (Wildman–Crippen MR) is 105 cm³/mol. The van der Waals surface area contributed by atoms with Crippen LogP contribution >= 0.6 is 0 Å². The molecular weight excluding hydrogens is 382 g/mol. The Morgan fingerprint density at radius 1 is 1.18 bits per heavy atom. The van der Waals surface area contributed by atoms with E-state index in [1.165, 1.54) is 12.1 Å². The lowest BCUT2D eigenvalue weighted by Gasteiger charge is -2.08. The summed E-state index contributed by atoms with van der Waals surface area (Å²) < 4.78 is 27.7. The van der Waals surface area contributed by atoms with Crippen molar-refractivity contribution in [3.05, 3.63) is 52.3 Å². The minimum Gasteiger partial charge on any atom is -0.459 e. The van der Waals surface area contributed by atoms with Crippen molar-refractivity contribution in [1.29, 1.82) is 0 Å². The Morgan fingerprint density at radius 3 is 2.32 bits per heavy atom. The highest BCUT2D eigenvalue weighted by Crippen LogP contribution is 2.19. The number of nitrogens with one attached hydrogen (secondary N) is 2. The lowest BCUT2D eigenvalue weighted by atomic mass is 10.1. The van der Waals surface area contributed by atoms with Gasteiger partial charge in [0.15, 0.2) is 0 Å². The Balaban J connectivity index is 2.01. The third-order valence-corrected chi connectivity index (χ3v) is 5.09. The van der Waals surface area contributed by atoms with Crippen LogP contribution in [0.2, 0.25) is 0 Å². The molecule has 0 saturated carbocycles. The van der Waals surface area contributed by atoms with Crippen LogP contribution in [0.15, 0.2) is 29.2 Å². The monoisotopic (exact) mass is 407 g/mol. The van der Waals surface area contributed by atoms with Gasteiger partial charge in [-0.2, -0.15) is 0 Å². The van der Waals surface area contributed by atoms with Crippen LogP contribution in [0, 0.1) is 13.8 Å². The molecule has 8 nitrogen and oxygen atoms in total. The minimum absolute atomic E-state index is 0.0404. The van der Waals surface area contributed by atoms with E-state index in [4.69, 9.17) is 9.88 Å². The number of benzene rings is 1. The fourth-order valence-electron chi connectivity index (χ4n) is 2.81. The van der Waals surface area contributed by atoms with Gasteiger partial charge in [0, 0.05) is 12.2 Å². The minimum atomic E-state index is -3.72. The number of carbonyl (C=O) groups excluding carboxylic acids is 2. The van der Waals surface area contributed by atoms with Crippen molar-refractivity contribution in [1.82, 2.24) is 10.3 Å². The molecule has 4 N–H and O–H groups in total. The van der Waals surface area contributed by atoms with Crippen LogP contribution in [-0.2, 0) is 21.2 Å². The van der Waals surface area contributed by atoms with Gasteiger partial charge in [0.25, 0.3) is 5.91 Å². The molecule has 2 aromatic rings. The SMILES string of the molecule is Cc1[nH]c(C(=O)NCCc2ccc(S(N)(=O)=O)cc2)c(C)c1C(=O)OC(C)C. The quantitative estimate of drug-likeness (QED) is 0.603. The number of nitrogens with two attached hydrogens (primary N) is 1. The number of sulfonamides is 1. The molecule has 0 radical (unpaired) electrons. The highest BCUT2D eigenvalue weighted by Gasteiger charge is 2.23. The Morgan fingerprint density at radius 2 is 1.79 bits per heavy atom. The highest BCUT2D eigenvalue weighted by atomic mass is 32.2. The van der Waals surface area contributed by atoms with Crippen LogP contribution in [0.3, 0.4) is 0 Å². The molecule has 0 bridgehead atoms. The standard InChI is InChI=1S/C19H25N3O5S/c1-11(2)27-19(24)16-12(3)17(22-13(16)4)18(23)21-10-9-14-5-7-15(8-6-14)28(20,25)26/h5-8,11,22H,9-10H2,1-4H3,(H,21,23)(H2,20,25,26). The molecule has 0 spiro atoms. The molecule has 0 aliphatic carbocycles. The van der Waals surface area contributed by atoms with Crippen LogP contribution < -0.4 is 10.5 Å². The molecule has 0 saturated heterocycles. The highest BCUT2D eigenvalue weighted by molar-refractivity contribution is 7.89. The summed E-state index contributed by atoms with van der Waals surface area (Å²) in [5, 5.41) is 7.85. The first kappa shape index (κ1) is 21.6. The molecule has 0 aliphatic rings. The van der Waals surface area contributed by atoms with Crippen molar-refractivity contribution in [2.75, 3.05) is 6.54 Å². The van der Waals surface area contributed by atoms with E-state index in [-0.39, 0.29) is 16.9 Å². The molecule has 28 heavy (non-hydrogen) atoms. The summed E-state index contributed by atoms with van der Waals surface area (Å²) in [5.41, 5.74) is 2.66. The number of hydrogen-bond acceptors (Lipinski definition) is 5. The summed E-state index contributed by atoms with van der Waals surface area (Å²) in [5.74, 6) is -0.791. The van der Waals surface area contributed by atoms with E-state index in [0.29, 0.717) is 35.5 Å². The van der Waals surface area contributed by atoms with E-state index >= 15 is 0 Å². The fourth-order valence-corrected chi connectivity index (χ4v) is 3.33. The fraction of sp³-hybridized carbons (Fsp3) is 0.368. The van der Waals surface area contributed by atoms with Crippen LogP contribution in [0.4, 0.5) is 0 Å². The molecule has 152 valence electrons. The maximum Gasteiger partial charge on any atom is 0.340 e. The van der Waals surface area contributed by atoms with Gasteiger partial charge in [-0.1, -0.05) is 12.1 Å². The molecule has 0 fully saturated rings. The zero-order valence-electron chi connectivity index (χ0n) is 16.3. The largest absolute Gasteiger partial charge is 0.459 e. The second-order valence-electron chi connectivity index (χ2n) is 6.77. The van der Waals surface area contributed by atoms with Gasteiger partial charge in [-0.25, -0.2) is 18.4 Å². The van der Waals surface area contributed by atoms with Crippen molar-refractivity contribution in [2.24, 2.45) is 5.14 Å². The number of carbonyl (C=O) groups is 2. The van der Waals surface area contributed by atoms with Crippen molar-refractivity contribution in [3.63, 3.8) is 0 Å². The molecule has 9 heteroatoms. The lowest BCUT2D eigenvalue weighted by Crippen LogP contribution is -2.26. The molecule has 0 unspecified atom stereocenters. The van der Waals surface area contributed by atoms with E-state index < -0.39 is 16.0 Å². The van der Waals surface area contributed by atoms with Crippen LogP contribution in [0.1, 0.15) is 51.5 Å². The average Bonchev–Trinajstić information content (AvgIpc) is 2.88. The summed E-state index contributed by atoms with van der Waals surface area (Å²) in [6.07, 6.45) is 0.261. The normalized spacial score (nSPS) is 11.5. The van der Waals surface area contributed by atoms with E-state index in [2.05, 4.69) is 10.3 Å². The first-order valence-electron chi connectivity index (χ1n) is 8.80. The summed E-state index contributed by atoms with van der Waals surface area (Å²) in [7, 11) is -3.72. The molecule has 0 aliphatic heterocycles. The number of primary sulfonamides is 1. The first-order chi connectivity index (χ1) is 13.0. The van der Waals surface area contributed by atoms with Crippen LogP contribution in [0.25, 0.3) is 0 Å². The molecule has 1 aromatic carbocycles. The number of amides is 1. The van der Waals surface area contributed by atoms with Gasteiger partial charge in [0.2, 0.25) is 10.0 Å². The van der Waals surface area contributed by atoms with Gasteiger partial charge in [0.1, 0.15) is 5.69 Å². The Labute approximate surface area is 164 Å². The van der Waals surface area contributed by atoms with Crippen LogP contribution in [0.5, 0.6) is 0 Å². The summed E-state index contributed by atoms with van der Waals surface area (Å²) in [6, 6.07) is 6.15. The van der Waals surface area contributed by atoms with E-state index in [0.717, 1.165) is 5.56 Å². The van der Waals surface area contributed by atoms with Crippen LogP contribution in [-0.4, -0.2) is 37.9 Å². The van der Waals surface area contributed by atoms with Gasteiger partial charge in [-0.15, -0.1) is 0 Å². The second kappa shape index (κ2) is 8.57. The van der Waals surface area contributed by atoms with Crippen molar-refractivity contribution >= 4 is 21.9 Å². The number of ether oxygens (including phenoxy) is 1. The van der Waals surface area contributed by atoms with Crippen molar-refractivity contribution in [3.8, 4) is 0 Å². The van der Waals surface area contributed by atoms with E-state index in [9.17, 15) is 18.0 Å². The smallest absolute Gasteiger partial charge is 0.340 e. The Bertz CT molecular complexity index is 976. The van der Waals surface area contributed by atoms with Crippen molar-refractivity contribution < 1.29 is 22.7 Å². The molecule has 1 amide bonds. The summed E-state index contributed by atoms with van der Waals surface area (Å²) in [6.45, 7) is 7.28. The number of H-pyrrole nitrogens is 1. The number of esters is 1. The first-order valence-corrected chi connectivity index (χ1v) is 10.4. The third-order valence-electron chi connectivity index (χ3n) is 4.16. The number of aromatic amines is 1. The predicted octanol–water partition coefficient (Wildman–Crippen LogP) is 1.82. The number of aryl methyl sites for hydroxylation is 1. The van der Waals surface area contributed by atoms with Gasteiger partial charge in [-0.3, -0.25) is 4.79 Å². The zero-order chi connectivity index (χ0) is 21.1. The third kappa shape index (κ3) is 5.20. The van der Waals surface area contributed by atoms with E-state index in [1.807, 2.05) is 0 Å². The molecule has 2 rings (SSSR count). The maximum absolute atomic E-state index is 12.5. The van der Waals surface area contributed by atoms with Gasteiger partial charge < -0.3 is 15.0 Å². The van der Waals surface area contributed by atoms with Gasteiger partial charge in [-0.05, 0) is 57.4 Å². The topological polar surface area (TPSA) is 131 Å². The number of rotatable bonds is 7. The Hall–Kier alpha value is -2.65. The van der Waals surface area contributed by atoms with Crippen molar-refractivity contribution in [2.45, 2.75) is 45.1 Å². The van der Waals surface area contributed by atoms with E-state index in [1.54, 1.807) is 39.8 Å². The lowest BCUT2D eigenvalue weighted by molar-refractivity contribution is 0.0376. The summed E-state index contributed by atoms with van der Waals surface area (Å²) in [4.78, 5) is 27.7. The Kier molecular flexibility index (Phi) is 6.63. The maximum atomic E-state index is 12.5.